The first-order valence-electron chi connectivity index (χ1n) is 13.4. The van der Waals surface area contributed by atoms with Gasteiger partial charge in [0.1, 0.15) is 5.75 Å². The molecule has 218 valence electrons. The number of ether oxygens (including phenoxy) is 2. The number of aliphatic hydroxyl groups is 1. The molecule has 1 amide bonds. The number of carbonyl (C=O) groups excluding carboxylic acids is 1. The van der Waals surface area contributed by atoms with Crippen LogP contribution in [0.25, 0.3) is 0 Å². The Morgan fingerprint density at radius 3 is 2.64 bits per heavy atom. The van der Waals surface area contributed by atoms with Crippen LogP contribution >= 0.6 is 0 Å². The van der Waals surface area contributed by atoms with Crippen molar-refractivity contribution in [3.63, 3.8) is 0 Å². The van der Waals surface area contributed by atoms with E-state index < -0.39 is 16.1 Å². The zero-order chi connectivity index (χ0) is 28.7. The number of imidazole rings is 1. The van der Waals surface area contributed by atoms with Crippen molar-refractivity contribution >= 4 is 21.6 Å². The van der Waals surface area contributed by atoms with Gasteiger partial charge in [0.25, 0.3) is 15.9 Å². The normalized spacial score (nSPS) is 22.6. The SMILES string of the molecule is C[C@@H]1CN([C@@H](C)CO)C(=O)c2cc(NS(=O)(=O)c3cn(C)cn3)ccc2O[C@@H](C)CCCCO[C@@H]1CN(C)C. The maximum absolute atomic E-state index is 14.1. The van der Waals surface area contributed by atoms with E-state index in [2.05, 4.69) is 14.6 Å². The summed E-state index contributed by atoms with van der Waals surface area (Å²) in [5.74, 6) is -0.0122. The third-order valence-electron chi connectivity index (χ3n) is 6.81. The second kappa shape index (κ2) is 13.6. The highest BCUT2D eigenvalue weighted by atomic mass is 32.2. The summed E-state index contributed by atoms with van der Waals surface area (Å²) in [5, 5.41) is 9.91. The van der Waals surface area contributed by atoms with Crippen LogP contribution in [-0.4, -0.2) is 97.4 Å². The molecule has 11 nitrogen and oxygen atoms in total. The third kappa shape index (κ3) is 8.41. The molecule has 0 saturated heterocycles. The van der Waals surface area contributed by atoms with Crippen molar-refractivity contribution in [2.45, 2.75) is 63.3 Å². The molecule has 0 fully saturated rings. The summed E-state index contributed by atoms with van der Waals surface area (Å²) < 4.78 is 42.4. The summed E-state index contributed by atoms with van der Waals surface area (Å²) in [7, 11) is 1.69. The van der Waals surface area contributed by atoms with Gasteiger partial charge in [-0.2, -0.15) is 8.42 Å². The Morgan fingerprint density at radius 2 is 2.00 bits per heavy atom. The van der Waals surface area contributed by atoms with Gasteiger partial charge in [0, 0.05) is 44.5 Å². The van der Waals surface area contributed by atoms with Crippen LogP contribution < -0.4 is 9.46 Å². The Kier molecular flexibility index (Phi) is 10.8. The Bertz CT molecular complexity index is 1200. The number of amides is 1. The molecule has 1 aromatic heterocycles. The minimum Gasteiger partial charge on any atom is -0.490 e. The maximum atomic E-state index is 14.1. The highest BCUT2D eigenvalue weighted by molar-refractivity contribution is 7.92. The van der Waals surface area contributed by atoms with Crippen molar-refractivity contribution in [1.82, 2.24) is 19.4 Å². The van der Waals surface area contributed by atoms with Crippen LogP contribution in [0, 0.1) is 5.92 Å². The van der Waals surface area contributed by atoms with E-state index in [0.717, 1.165) is 19.3 Å². The van der Waals surface area contributed by atoms with Gasteiger partial charge in [0.05, 0.1) is 36.7 Å². The molecule has 1 aliphatic rings. The van der Waals surface area contributed by atoms with Gasteiger partial charge in [0.2, 0.25) is 0 Å². The molecular weight excluding hydrogens is 522 g/mol. The van der Waals surface area contributed by atoms with Gasteiger partial charge in [-0.3, -0.25) is 9.52 Å². The number of nitrogens with zero attached hydrogens (tertiary/aromatic N) is 4. The average Bonchev–Trinajstić information content (AvgIpc) is 3.32. The number of aryl methyl sites for hydroxylation is 1. The van der Waals surface area contributed by atoms with E-state index in [0.29, 0.717) is 25.4 Å². The summed E-state index contributed by atoms with van der Waals surface area (Å²) >= 11 is 0. The van der Waals surface area contributed by atoms with E-state index in [1.807, 2.05) is 27.9 Å². The van der Waals surface area contributed by atoms with Crippen LogP contribution in [-0.2, 0) is 21.8 Å². The van der Waals surface area contributed by atoms with Crippen LogP contribution in [0.2, 0.25) is 0 Å². The lowest BCUT2D eigenvalue weighted by Gasteiger charge is -2.35. The highest BCUT2D eigenvalue weighted by Crippen LogP contribution is 2.29. The molecule has 39 heavy (non-hydrogen) atoms. The molecule has 0 radical (unpaired) electrons. The van der Waals surface area contributed by atoms with Crippen molar-refractivity contribution in [2.24, 2.45) is 13.0 Å². The lowest BCUT2D eigenvalue weighted by atomic mass is 10.0. The van der Waals surface area contributed by atoms with Crippen LogP contribution in [0.3, 0.4) is 0 Å². The molecule has 0 aliphatic carbocycles. The molecule has 2 N–H and O–H groups in total. The number of hydrogen-bond donors (Lipinski definition) is 2. The third-order valence-corrected chi connectivity index (χ3v) is 8.07. The van der Waals surface area contributed by atoms with Gasteiger partial charge in [0.15, 0.2) is 5.03 Å². The van der Waals surface area contributed by atoms with Crippen molar-refractivity contribution < 1.29 is 27.8 Å². The first-order chi connectivity index (χ1) is 18.4. The first-order valence-corrected chi connectivity index (χ1v) is 14.9. The Morgan fingerprint density at radius 1 is 1.26 bits per heavy atom. The minimum absolute atomic E-state index is 0.0255. The summed E-state index contributed by atoms with van der Waals surface area (Å²) in [5.41, 5.74) is 0.432. The predicted octanol–water partition coefficient (Wildman–Crippen LogP) is 2.58. The largest absolute Gasteiger partial charge is 0.490 e. The maximum Gasteiger partial charge on any atom is 0.280 e. The van der Waals surface area contributed by atoms with Gasteiger partial charge in [-0.1, -0.05) is 6.92 Å². The highest BCUT2D eigenvalue weighted by Gasteiger charge is 2.30. The predicted molar refractivity (Wildman–Crippen MR) is 149 cm³/mol. The second-order valence-electron chi connectivity index (χ2n) is 10.8. The molecule has 4 atom stereocenters. The van der Waals surface area contributed by atoms with Crippen molar-refractivity contribution in [1.29, 1.82) is 0 Å². The fraction of sp³-hybridized carbons (Fsp3) is 0.630. The van der Waals surface area contributed by atoms with E-state index in [9.17, 15) is 18.3 Å². The number of fused-ring (bicyclic) bond motifs is 1. The van der Waals surface area contributed by atoms with Crippen LogP contribution in [0.4, 0.5) is 5.69 Å². The first kappa shape index (κ1) is 30.9. The number of rotatable bonds is 7. The quantitative estimate of drug-likeness (QED) is 0.525. The molecule has 2 heterocycles. The van der Waals surface area contributed by atoms with Crippen LogP contribution in [0.15, 0.2) is 35.7 Å². The van der Waals surface area contributed by atoms with Crippen molar-refractivity contribution in [2.75, 3.05) is 45.1 Å². The van der Waals surface area contributed by atoms with Crippen molar-refractivity contribution in [3.05, 3.63) is 36.3 Å². The fourth-order valence-electron chi connectivity index (χ4n) is 4.54. The summed E-state index contributed by atoms with van der Waals surface area (Å²) in [6.07, 6.45) is 5.10. The smallest absolute Gasteiger partial charge is 0.280 e. The zero-order valence-electron chi connectivity index (χ0n) is 23.8. The number of aliphatic hydroxyl groups excluding tert-OH is 1. The van der Waals surface area contributed by atoms with Gasteiger partial charge in [-0.25, -0.2) is 4.98 Å². The number of anilines is 1. The molecule has 2 aromatic rings. The lowest BCUT2D eigenvalue weighted by Crippen LogP contribution is -2.47. The van der Waals surface area contributed by atoms with Gasteiger partial charge >= 0.3 is 0 Å². The summed E-state index contributed by atoms with van der Waals surface area (Å²) in [6, 6.07) is 4.21. The monoisotopic (exact) mass is 565 g/mol. The molecule has 0 spiro atoms. The Labute approximate surface area is 232 Å². The average molecular weight is 566 g/mol. The van der Waals surface area contributed by atoms with E-state index in [-0.39, 0.29) is 46.9 Å². The molecule has 0 saturated carbocycles. The number of nitrogens with one attached hydrogen (secondary N) is 1. The summed E-state index contributed by atoms with van der Waals surface area (Å²) in [4.78, 5) is 21.7. The Hall–Kier alpha value is -2.67. The molecule has 1 aromatic carbocycles. The van der Waals surface area contributed by atoms with Gasteiger partial charge in [-0.05, 0) is 65.4 Å². The van der Waals surface area contributed by atoms with Gasteiger partial charge < -0.3 is 28.9 Å². The van der Waals surface area contributed by atoms with Crippen molar-refractivity contribution in [3.8, 4) is 5.75 Å². The molecule has 1 aliphatic heterocycles. The van der Waals surface area contributed by atoms with Crippen LogP contribution in [0.5, 0.6) is 5.75 Å². The molecular formula is C27H43N5O6S. The number of hydrogen-bond acceptors (Lipinski definition) is 8. The number of likely N-dealkylation sites (N-methyl/N-ethyl adjacent to an activating group) is 1. The van der Waals surface area contributed by atoms with E-state index in [4.69, 9.17) is 9.47 Å². The number of sulfonamides is 1. The molecule has 0 unspecified atom stereocenters. The van der Waals surface area contributed by atoms with Crippen LogP contribution in [0.1, 0.15) is 50.4 Å². The fourth-order valence-corrected chi connectivity index (χ4v) is 5.58. The van der Waals surface area contributed by atoms with Gasteiger partial charge in [-0.15, -0.1) is 0 Å². The Balaban J connectivity index is 2.02. The van der Waals surface area contributed by atoms with E-state index in [1.165, 1.54) is 18.6 Å². The zero-order valence-corrected chi connectivity index (χ0v) is 24.6. The molecule has 0 bridgehead atoms. The second-order valence-corrected chi connectivity index (χ2v) is 12.4. The number of benzene rings is 1. The minimum atomic E-state index is -3.97. The number of carbonyl (C=O) groups is 1. The van der Waals surface area contributed by atoms with E-state index >= 15 is 0 Å². The van der Waals surface area contributed by atoms with E-state index in [1.54, 1.807) is 35.6 Å². The molecule has 12 heteroatoms. The molecule has 3 rings (SSSR count). The topological polar surface area (TPSA) is 126 Å². The standard InChI is InChI=1S/C27H43N5O6S/c1-19-14-32(20(2)17-33)27(34)23-13-22(29-39(35,36)26-16-31(6)18-28-26)10-11-24(23)38-21(3)9-7-8-12-37-25(19)15-30(4)5/h10-11,13,16,18-21,25,29,33H,7-9,12,14-15,17H2,1-6H3/t19-,20+,21+,25-/m1/s1. The lowest BCUT2D eigenvalue weighted by molar-refractivity contribution is -0.0137. The number of aromatic nitrogens is 2. The summed E-state index contributed by atoms with van der Waals surface area (Å²) in [6.45, 7) is 7.22.